The summed E-state index contributed by atoms with van der Waals surface area (Å²) in [5, 5.41) is 9.73. The summed E-state index contributed by atoms with van der Waals surface area (Å²) < 4.78 is 0. The number of aliphatic hydroxyl groups is 1. The van der Waals surface area contributed by atoms with Crippen molar-refractivity contribution in [2.24, 2.45) is 5.73 Å². The lowest BCUT2D eigenvalue weighted by molar-refractivity contribution is 0.127. The summed E-state index contributed by atoms with van der Waals surface area (Å²) in [6.45, 7) is 4.34. The first-order valence-corrected chi connectivity index (χ1v) is 6.66. The van der Waals surface area contributed by atoms with Crippen LogP contribution in [-0.2, 0) is 0 Å². The minimum Gasteiger partial charge on any atom is -0.392 e. The van der Waals surface area contributed by atoms with Crippen LogP contribution in [-0.4, -0.2) is 17.3 Å². The molecule has 0 fully saturated rings. The fraction of sp³-hybridized carbons (Fsp3) is 1.00. The first-order chi connectivity index (χ1) is 7.22. The Bertz CT molecular complexity index is 128. The smallest absolute Gasteiger partial charge is 0.0691 e. The first kappa shape index (κ1) is 14.9. The lowest BCUT2D eigenvalue weighted by Gasteiger charge is -2.17. The Morgan fingerprint density at radius 2 is 1.47 bits per heavy atom. The highest BCUT2D eigenvalue weighted by Crippen LogP contribution is 2.11. The number of unbranched alkanes of at least 4 members (excludes halogenated alkanes) is 5. The number of aliphatic hydroxyl groups excluding tert-OH is 1. The van der Waals surface area contributed by atoms with Crippen LogP contribution in [0.2, 0.25) is 0 Å². The van der Waals surface area contributed by atoms with Gasteiger partial charge < -0.3 is 10.8 Å². The molecule has 0 rings (SSSR count). The molecule has 0 aliphatic heterocycles. The second kappa shape index (κ2) is 10.4. The van der Waals surface area contributed by atoms with Gasteiger partial charge in [0.15, 0.2) is 0 Å². The zero-order valence-electron chi connectivity index (χ0n) is 10.5. The molecule has 0 spiro atoms. The van der Waals surface area contributed by atoms with Crippen molar-refractivity contribution in [3.63, 3.8) is 0 Å². The highest BCUT2D eigenvalue weighted by Gasteiger charge is 2.12. The monoisotopic (exact) mass is 215 g/mol. The average molecular weight is 215 g/mol. The molecule has 0 radical (unpaired) electrons. The maximum atomic E-state index is 9.73. The molecule has 0 aromatic heterocycles. The fourth-order valence-corrected chi connectivity index (χ4v) is 1.87. The Morgan fingerprint density at radius 3 is 2.07 bits per heavy atom. The molecule has 0 aromatic rings. The van der Waals surface area contributed by atoms with E-state index in [4.69, 9.17) is 5.73 Å². The third-order valence-corrected chi connectivity index (χ3v) is 2.97. The molecule has 0 aliphatic carbocycles. The second-order valence-corrected chi connectivity index (χ2v) is 4.58. The molecule has 0 amide bonds. The van der Waals surface area contributed by atoms with Gasteiger partial charge in [-0.15, -0.1) is 0 Å². The van der Waals surface area contributed by atoms with E-state index in [0.29, 0.717) is 0 Å². The minimum absolute atomic E-state index is 0.00866. The van der Waals surface area contributed by atoms with Crippen molar-refractivity contribution in [1.29, 1.82) is 0 Å². The molecular weight excluding hydrogens is 186 g/mol. The van der Waals surface area contributed by atoms with Crippen molar-refractivity contribution < 1.29 is 5.11 Å². The standard InChI is InChI=1S/C13H29NO/c1-3-5-6-7-8-9-11-13(15)12(14)10-4-2/h12-13,15H,3-11,14H2,1-2H3/t12-,13-/m0/s1. The van der Waals surface area contributed by atoms with Gasteiger partial charge in [0.05, 0.1) is 6.10 Å². The van der Waals surface area contributed by atoms with Gasteiger partial charge in [0.2, 0.25) is 0 Å². The van der Waals surface area contributed by atoms with Crippen LogP contribution >= 0.6 is 0 Å². The largest absolute Gasteiger partial charge is 0.392 e. The topological polar surface area (TPSA) is 46.2 Å². The van der Waals surface area contributed by atoms with Gasteiger partial charge in [-0.1, -0.05) is 58.8 Å². The molecule has 0 unspecified atom stereocenters. The van der Waals surface area contributed by atoms with Crippen LogP contribution in [0.3, 0.4) is 0 Å². The van der Waals surface area contributed by atoms with Gasteiger partial charge in [-0.05, 0) is 12.8 Å². The van der Waals surface area contributed by atoms with E-state index in [1.807, 2.05) is 0 Å². The van der Waals surface area contributed by atoms with E-state index in [9.17, 15) is 5.11 Å². The van der Waals surface area contributed by atoms with Crippen LogP contribution in [0.1, 0.15) is 71.6 Å². The van der Waals surface area contributed by atoms with Crippen LogP contribution in [0, 0.1) is 0 Å². The molecule has 2 nitrogen and oxygen atoms in total. The number of hydrogen-bond acceptors (Lipinski definition) is 2. The maximum absolute atomic E-state index is 9.73. The highest BCUT2D eigenvalue weighted by molar-refractivity contribution is 4.70. The van der Waals surface area contributed by atoms with E-state index < -0.39 is 0 Å². The van der Waals surface area contributed by atoms with Gasteiger partial charge in [0, 0.05) is 6.04 Å². The molecule has 0 heterocycles. The summed E-state index contributed by atoms with van der Waals surface area (Å²) in [5.74, 6) is 0. The molecule has 92 valence electrons. The van der Waals surface area contributed by atoms with Gasteiger partial charge in [-0.2, -0.15) is 0 Å². The molecule has 2 atom stereocenters. The quantitative estimate of drug-likeness (QED) is 0.550. The van der Waals surface area contributed by atoms with E-state index in [0.717, 1.165) is 25.7 Å². The number of nitrogens with two attached hydrogens (primary N) is 1. The molecule has 0 saturated carbocycles. The van der Waals surface area contributed by atoms with Crippen molar-refractivity contribution in [3.8, 4) is 0 Å². The Morgan fingerprint density at radius 1 is 0.867 bits per heavy atom. The summed E-state index contributed by atoms with van der Waals surface area (Å²) >= 11 is 0. The predicted octanol–water partition coefficient (Wildman–Crippen LogP) is 3.23. The highest BCUT2D eigenvalue weighted by atomic mass is 16.3. The van der Waals surface area contributed by atoms with Crippen LogP contribution in [0.4, 0.5) is 0 Å². The molecule has 0 bridgehead atoms. The molecule has 0 saturated heterocycles. The van der Waals surface area contributed by atoms with Crippen molar-refractivity contribution >= 4 is 0 Å². The van der Waals surface area contributed by atoms with Gasteiger partial charge in [0.1, 0.15) is 0 Å². The van der Waals surface area contributed by atoms with Crippen molar-refractivity contribution in [2.45, 2.75) is 83.8 Å². The zero-order chi connectivity index (χ0) is 11.5. The van der Waals surface area contributed by atoms with Crippen LogP contribution in [0.15, 0.2) is 0 Å². The fourth-order valence-electron chi connectivity index (χ4n) is 1.87. The minimum atomic E-state index is -0.281. The molecule has 3 N–H and O–H groups in total. The third kappa shape index (κ3) is 8.88. The second-order valence-electron chi connectivity index (χ2n) is 4.58. The van der Waals surface area contributed by atoms with Crippen LogP contribution in [0.5, 0.6) is 0 Å². The number of rotatable bonds is 10. The molecule has 2 heteroatoms. The van der Waals surface area contributed by atoms with Gasteiger partial charge in [0.25, 0.3) is 0 Å². The number of hydrogen-bond donors (Lipinski definition) is 2. The van der Waals surface area contributed by atoms with Crippen LogP contribution in [0.25, 0.3) is 0 Å². The summed E-state index contributed by atoms with van der Waals surface area (Å²) in [6.07, 6.45) is 10.3. The molecule has 0 aromatic carbocycles. The Balaban J connectivity index is 3.26. The predicted molar refractivity (Wildman–Crippen MR) is 66.9 cm³/mol. The first-order valence-electron chi connectivity index (χ1n) is 6.66. The zero-order valence-corrected chi connectivity index (χ0v) is 10.5. The van der Waals surface area contributed by atoms with E-state index in [1.165, 1.54) is 32.1 Å². The SMILES string of the molecule is CCCCCCCC[C@H](O)[C@@H](N)CCC. The van der Waals surface area contributed by atoms with E-state index in [-0.39, 0.29) is 12.1 Å². The lowest BCUT2D eigenvalue weighted by atomic mass is 10.0. The molecule has 0 aliphatic rings. The lowest BCUT2D eigenvalue weighted by Crippen LogP contribution is -2.34. The van der Waals surface area contributed by atoms with E-state index >= 15 is 0 Å². The van der Waals surface area contributed by atoms with E-state index in [2.05, 4.69) is 13.8 Å². The summed E-state index contributed by atoms with van der Waals surface area (Å²) in [5.41, 5.74) is 5.84. The van der Waals surface area contributed by atoms with Crippen LogP contribution < -0.4 is 5.73 Å². The summed E-state index contributed by atoms with van der Waals surface area (Å²) in [4.78, 5) is 0. The molecule has 15 heavy (non-hydrogen) atoms. The maximum Gasteiger partial charge on any atom is 0.0691 e. The van der Waals surface area contributed by atoms with Gasteiger partial charge in [-0.25, -0.2) is 0 Å². The summed E-state index contributed by atoms with van der Waals surface area (Å²) in [6, 6.07) is -0.00866. The average Bonchev–Trinajstić information content (AvgIpc) is 2.23. The molecular formula is C13H29NO. The van der Waals surface area contributed by atoms with Crippen molar-refractivity contribution in [1.82, 2.24) is 0 Å². The Labute approximate surface area is 95.3 Å². The van der Waals surface area contributed by atoms with Gasteiger partial charge >= 0.3 is 0 Å². The van der Waals surface area contributed by atoms with E-state index in [1.54, 1.807) is 0 Å². The third-order valence-electron chi connectivity index (χ3n) is 2.97. The van der Waals surface area contributed by atoms with Gasteiger partial charge in [-0.3, -0.25) is 0 Å². The summed E-state index contributed by atoms with van der Waals surface area (Å²) in [7, 11) is 0. The Kier molecular flexibility index (Phi) is 10.4. The normalized spacial score (nSPS) is 15.2. The van der Waals surface area contributed by atoms with Crippen molar-refractivity contribution in [3.05, 3.63) is 0 Å². The Hall–Kier alpha value is -0.0800. The van der Waals surface area contributed by atoms with Crippen molar-refractivity contribution in [2.75, 3.05) is 0 Å².